The van der Waals surface area contributed by atoms with Crippen molar-refractivity contribution in [2.24, 2.45) is 0 Å². The van der Waals surface area contributed by atoms with Crippen LogP contribution in [0.1, 0.15) is 16.7 Å². The molecule has 0 unspecified atom stereocenters. The van der Waals surface area contributed by atoms with E-state index in [4.69, 9.17) is 21.1 Å². The molecule has 1 N–H and O–H groups in total. The first-order valence-electron chi connectivity index (χ1n) is 9.15. The van der Waals surface area contributed by atoms with E-state index in [1.807, 2.05) is 36.4 Å². The van der Waals surface area contributed by atoms with Crippen LogP contribution in [-0.2, 0) is 11.4 Å². The third-order valence-corrected chi connectivity index (χ3v) is 4.62. The standard InChI is InChI=1S/C24H22ClNO3/c1-17-5-3-4-6-19(17)16-29-22-13-7-18(15-23(22)28-2)8-14-24(27)26-21-11-9-20(25)10-12-21/h3-15H,16H2,1-2H3,(H,26,27)/b14-8+. The summed E-state index contributed by atoms with van der Waals surface area (Å²) in [5, 5.41) is 3.40. The number of carbonyl (C=O) groups excluding carboxylic acids is 1. The first-order valence-corrected chi connectivity index (χ1v) is 9.53. The van der Waals surface area contributed by atoms with Crippen molar-refractivity contribution in [3.05, 3.63) is 94.5 Å². The molecule has 0 aliphatic rings. The van der Waals surface area contributed by atoms with E-state index in [9.17, 15) is 4.79 Å². The molecule has 0 aromatic heterocycles. The third-order valence-electron chi connectivity index (χ3n) is 4.37. The highest BCUT2D eigenvalue weighted by atomic mass is 35.5. The number of methoxy groups -OCH3 is 1. The van der Waals surface area contributed by atoms with Gasteiger partial charge in [0.2, 0.25) is 5.91 Å². The van der Waals surface area contributed by atoms with Crippen molar-refractivity contribution in [2.45, 2.75) is 13.5 Å². The molecule has 0 heterocycles. The Labute approximate surface area is 175 Å². The molecule has 1 amide bonds. The highest BCUT2D eigenvalue weighted by Crippen LogP contribution is 2.29. The summed E-state index contributed by atoms with van der Waals surface area (Å²) < 4.78 is 11.4. The van der Waals surface area contributed by atoms with E-state index in [1.54, 1.807) is 37.5 Å². The van der Waals surface area contributed by atoms with Crippen molar-refractivity contribution in [1.82, 2.24) is 0 Å². The molecule has 4 nitrogen and oxygen atoms in total. The van der Waals surface area contributed by atoms with Crippen LogP contribution < -0.4 is 14.8 Å². The Kier molecular flexibility index (Phi) is 6.93. The number of halogens is 1. The summed E-state index contributed by atoms with van der Waals surface area (Å²) >= 11 is 5.85. The lowest BCUT2D eigenvalue weighted by molar-refractivity contribution is -0.111. The van der Waals surface area contributed by atoms with Gasteiger partial charge in [0.15, 0.2) is 11.5 Å². The van der Waals surface area contributed by atoms with E-state index in [1.165, 1.54) is 11.6 Å². The fraction of sp³-hybridized carbons (Fsp3) is 0.125. The highest BCUT2D eigenvalue weighted by molar-refractivity contribution is 6.30. The van der Waals surface area contributed by atoms with Crippen molar-refractivity contribution >= 4 is 29.3 Å². The molecule has 29 heavy (non-hydrogen) atoms. The predicted octanol–water partition coefficient (Wildman–Crippen LogP) is 5.89. The Balaban J connectivity index is 1.64. The second-order valence-corrected chi connectivity index (χ2v) is 6.89. The monoisotopic (exact) mass is 407 g/mol. The van der Waals surface area contributed by atoms with Gasteiger partial charge in [-0.05, 0) is 66.1 Å². The molecule has 0 bridgehead atoms. The Morgan fingerprint density at radius 2 is 1.79 bits per heavy atom. The summed E-state index contributed by atoms with van der Waals surface area (Å²) in [7, 11) is 1.59. The van der Waals surface area contributed by atoms with Crippen molar-refractivity contribution in [3.8, 4) is 11.5 Å². The smallest absolute Gasteiger partial charge is 0.248 e. The number of aryl methyl sites for hydroxylation is 1. The zero-order valence-electron chi connectivity index (χ0n) is 16.3. The van der Waals surface area contributed by atoms with Crippen LogP contribution in [-0.4, -0.2) is 13.0 Å². The average molecular weight is 408 g/mol. The molecule has 0 aliphatic heterocycles. The zero-order valence-corrected chi connectivity index (χ0v) is 17.1. The molecular formula is C24H22ClNO3. The van der Waals surface area contributed by atoms with Gasteiger partial charge in [-0.3, -0.25) is 4.79 Å². The Morgan fingerprint density at radius 3 is 2.52 bits per heavy atom. The van der Waals surface area contributed by atoms with Crippen LogP contribution in [0.3, 0.4) is 0 Å². The number of ether oxygens (including phenoxy) is 2. The van der Waals surface area contributed by atoms with Gasteiger partial charge in [0.05, 0.1) is 7.11 Å². The summed E-state index contributed by atoms with van der Waals surface area (Å²) in [4.78, 5) is 12.1. The zero-order chi connectivity index (χ0) is 20.6. The first-order chi connectivity index (χ1) is 14.0. The minimum absolute atomic E-state index is 0.230. The largest absolute Gasteiger partial charge is 0.493 e. The van der Waals surface area contributed by atoms with Crippen molar-refractivity contribution in [1.29, 1.82) is 0 Å². The van der Waals surface area contributed by atoms with Crippen molar-refractivity contribution < 1.29 is 14.3 Å². The van der Waals surface area contributed by atoms with Crippen LogP contribution in [0.2, 0.25) is 5.02 Å². The predicted molar refractivity (Wildman–Crippen MR) is 118 cm³/mol. The Hall–Kier alpha value is -3.24. The van der Waals surface area contributed by atoms with Crippen molar-refractivity contribution in [2.75, 3.05) is 12.4 Å². The molecule has 0 aliphatic carbocycles. The number of hydrogen-bond acceptors (Lipinski definition) is 3. The normalized spacial score (nSPS) is 10.7. The molecule has 0 spiro atoms. The molecule has 0 atom stereocenters. The molecule has 5 heteroatoms. The first kappa shape index (κ1) is 20.5. The van der Waals surface area contributed by atoms with Crippen LogP contribution in [0.15, 0.2) is 72.8 Å². The maximum atomic E-state index is 12.1. The molecule has 3 aromatic rings. The minimum atomic E-state index is -0.230. The van der Waals surface area contributed by atoms with Crippen LogP contribution in [0.4, 0.5) is 5.69 Å². The van der Waals surface area contributed by atoms with Crippen LogP contribution in [0, 0.1) is 6.92 Å². The van der Waals surface area contributed by atoms with Gasteiger partial charge >= 0.3 is 0 Å². The summed E-state index contributed by atoms with van der Waals surface area (Å²) in [5.74, 6) is 1.03. The number of benzene rings is 3. The van der Waals surface area contributed by atoms with E-state index >= 15 is 0 Å². The van der Waals surface area contributed by atoms with Gasteiger partial charge in [-0.25, -0.2) is 0 Å². The van der Waals surface area contributed by atoms with E-state index in [2.05, 4.69) is 18.3 Å². The van der Waals surface area contributed by atoms with E-state index < -0.39 is 0 Å². The van der Waals surface area contributed by atoms with Crippen LogP contribution in [0.5, 0.6) is 11.5 Å². The molecule has 0 saturated carbocycles. The number of nitrogens with one attached hydrogen (secondary N) is 1. The van der Waals surface area contributed by atoms with Gasteiger partial charge < -0.3 is 14.8 Å². The van der Waals surface area contributed by atoms with Gasteiger partial charge in [0.25, 0.3) is 0 Å². The number of rotatable bonds is 7. The Morgan fingerprint density at radius 1 is 1.03 bits per heavy atom. The molecule has 3 rings (SSSR count). The summed E-state index contributed by atoms with van der Waals surface area (Å²) in [6, 6.07) is 20.6. The molecular weight excluding hydrogens is 386 g/mol. The number of amides is 1. The number of hydrogen-bond donors (Lipinski definition) is 1. The van der Waals surface area contributed by atoms with E-state index in [-0.39, 0.29) is 5.91 Å². The molecule has 0 radical (unpaired) electrons. The van der Waals surface area contributed by atoms with Crippen LogP contribution >= 0.6 is 11.6 Å². The van der Waals surface area contributed by atoms with Gasteiger partial charge in [-0.2, -0.15) is 0 Å². The summed E-state index contributed by atoms with van der Waals surface area (Å²) in [6.45, 7) is 2.51. The van der Waals surface area contributed by atoms with E-state index in [0.717, 1.165) is 11.1 Å². The molecule has 0 fully saturated rings. The fourth-order valence-electron chi connectivity index (χ4n) is 2.72. The third kappa shape index (κ3) is 5.87. The lowest BCUT2D eigenvalue weighted by atomic mass is 10.1. The maximum absolute atomic E-state index is 12.1. The highest BCUT2D eigenvalue weighted by Gasteiger charge is 2.07. The summed E-state index contributed by atoms with van der Waals surface area (Å²) in [6.07, 6.45) is 3.19. The topological polar surface area (TPSA) is 47.6 Å². The molecule has 3 aromatic carbocycles. The van der Waals surface area contributed by atoms with Gasteiger partial charge in [0.1, 0.15) is 6.61 Å². The second kappa shape index (κ2) is 9.80. The second-order valence-electron chi connectivity index (χ2n) is 6.45. The van der Waals surface area contributed by atoms with Crippen LogP contribution in [0.25, 0.3) is 6.08 Å². The average Bonchev–Trinajstić information content (AvgIpc) is 2.73. The fourth-order valence-corrected chi connectivity index (χ4v) is 2.85. The quantitative estimate of drug-likeness (QED) is 0.497. The van der Waals surface area contributed by atoms with Gasteiger partial charge in [-0.1, -0.05) is 41.9 Å². The minimum Gasteiger partial charge on any atom is -0.493 e. The maximum Gasteiger partial charge on any atom is 0.248 e. The number of anilines is 1. The van der Waals surface area contributed by atoms with E-state index in [0.29, 0.717) is 28.8 Å². The number of carbonyl (C=O) groups is 1. The lowest BCUT2D eigenvalue weighted by Gasteiger charge is -2.12. The van der Waals surface area contributed by atoms with Gasteiger partial charge in [0, 0.05) is 16.8 Å². The Bertz CT molecular complexity index is 1010. The SMILES string of the molecule is COc1cc(/C=C/C(=O)Nc2ccc(Cl)cc2)ccc1OCc1ccccc1C. The lowest BCUT2D eigenvalue weighted by Crippen LogP contribution is -2.07. The summed E-state index contributed by atoms with van der Waals surface area (Å²) in [5.41, 5.74) is 3.81. The van der Waals surface area contributed by atoms with Crippen molar-refractivity contribution in [3.63, 3.8) is 0 Å². The van der Waals surface area contributed by atoms with Gasteiger partial charge in [-0.15, -0.1) is 0 Å². The molecule has 0 saturated heterocycles. The molecule has 148 valence electrons.